The lowest BCUT2D eigenvalue weighted by Gasteiger charge is -2.06. The Morgan fingerprint density at radius 3 is 2.83 bits per heavy atom. The van der Waals surface area contributed by atoms with Gasteiger partial charge in [-0.3, -0.25) is 0 Å². The molecule has 0 saturated carbocycles. The number of hydrogen-bond acceptors (Lipinski definition) is 3. The summed E-state index contributed by atoms with van der Waals surface area (Å²) in [6.45, 7) is 0. The number of hydrogen-bond donors (Lipinski definition) is 2. The summed E-state index contributed by atoms with van der Waals surface area (Å²) in [5, 5.41) is 7.51. The van der Waals surface area contributed by atoms with Crippen LogP contribution in [0.25, 0.3) is 5.53 Å². The normalized spacial score (nSPS) is 30.5. The molecule has 1 atom stereocenters. The van der Waals surface area contributed by atoms with Gasteiger partial charge in [0, 0.05) is 5.22 Å². The van der Waals surface area contributed by atoms with Crippen LogP contribution in [-0.4, -0.2) is 7.05 Å². The zero-order valence-electron chi connectivity index (χ0n) is 3.34. The lowest BCUT2D eigenvalue weighted by molar-refractivity contribution is -0.847. The molecular formula is CH5N5. The van der Waals surface area contributed by atoms with Crippen molar-refractivity contribution in [3.05, 3.63) is 5.53 Å². The first kappa shape index (κ1) is 3.51. The molecule has 5 heteroatoms. The molecule has 0 aliphatic carbocycles. The summed E-state index contributed by atoms with van der Waals surface area (Å²) >= 11 is 0. The molecule has 5 nitrogen and oxygen atoms in total. The van der Waals surface area contributed by atoms with E-state index in [1.54, 1.807) is 7.05 Å². The van der Waals surface area contributed by atoms with Gasteiger partial charge >= 0.3 is 0 Å². The Kier molecular flexibility index (Phi) is 0.697. The molecule has 1 unspecified atom stereocenters. The molecule has 0 aromatic rings. The zero-order valence-corrected chi connectivity index (χ0v) is 3.34. The quantitative estimate of drug-likeness (QED) is 0.374. The summed E-state index contributed by atoms with van der Waals surface area (Å²) in [4.78, 5) is 0. The highest BCUT2D eigenvalue weighted by atomic mass is 16.0. The van der Waals surface area contributed by atoms with Gasteiger partial charge in [0.1, 0.15) is 0 Å². The van der Waals surface area contributed by atoms with Gasteiger partial charge in [-0.2, -0.15) is 0 Å². The summed E-state index contributed by atoms with van der Waals surface area (Å²) < 4.78 is 0. The smallest absolute Gasteiger partial charge is 0.0843 e. The van der Waals surface area contributed by atoms with E-state index in [-0.39, 0.29) is 0 Å². The van der Waals surface area contributed by atoms with Gasteiger partial charge in [0.25, 0.3) is 0 Å². The first-order valence-electron chi connectivity index (χ1n) is 1.59. The number of nitrogens with zero attached hydrogens (tertiary/aromatic N) is 3. The maximum atomic E-state index is 3.57. The molecule has 0 fully saturated rings. The van der Waals surface area contributed by atoms with Crippen molar-refractivity contribution in [1.82, 2.24) is 5.53 Å². The largest absolute Gasteiger partial charge is 0.335 e. The van der Waals surface area contributed by atoms with E-state index < -0.39 is 0 Å². The van der Waals surface area contributed by atoms with Crippen molar-refractivity contribution >= 4 is 0 Å². The van der Waals surface area contributed by atoms with E-state index in [1.165, 1.54) is 0 Å². The van der Waals surface area contributed by atoms with Gasteiger partial charge in [-0.1, -0.05) is 0 Å². The topological polar surface area (TPSA) is 55.3 Å². The fraction of sp³-hybridized carbons (Fsp3) is 1.00. The van der Waals surface area contributed by atoms with Gasteiger partial charge in [-0.05, 0) is 5.22 Å². The van der Waals surface area contributed by atoms with Crippen molar-refractivity contribution < 1.29 is 5.12 Å². The van der Waals surface area contributed by atoms with Gasteiger partial charge in [0.05, 0.1) is 7.05 Å². The Labute approximate surface area is 34.9 Å². The molecule has 0 radical (unpaired) electrons. The average Bonchev–Trinajstić information content (AvgIpc) is 1.86. The summed E-state index contributed by atoms with van der Waals surface area (Å²) in [5.74, 6) is 0. The van der Waals surface area contributed by atoms with Crippen LogP contribution in [0.15, 0.2) is 10.4 Å². The molecule has 1 aliphatic rings. The average molecular weight is 87.1 g/mol. The maximum Gasteiger partial charge on any atom is 0.0843 e. The molecule has 1 heterocycles. The summed E-state index contributed by atoms with van der Waals surface area (Å²) in [6.07, 6.45) is 0. The van der Waals surface area contributed by atoms with Crippen LogP contribution < -0.4 is 10.7 Å². The zero-order chi connectivity index (χ0) is 4.41. The SMILES string of the molecule is C[NH+]1N=NN[N-]1. The third kappa shape index (κ3) is 0.447. The monoisotopic (exact) mass is 87.1 g/mol. The lowest BCUT2D eigenvalue weighted by atomic mass is 11.4. The van der Waals surface area contributed by atoms with Crippen molar-refractivity contribution in [2.24, 2.45) is 10.4 Å². The predicted octanol–water partition coefficient (Wildman–Crippen LogP) is -1.41. The summed E-state index contributed by atoms with van der Waals surface area (Å²) in [5.41, 5.74) is 5.89. The van der Waals surface area contributed by atoms with Crippen molar-refractivity contribution in [2.45, 2.75) is 0 Å². The predicted molar refractivity (Wildman–Crippen MR) is 18.2 cm³/mol. The first-order chi connectivity index (χ1) is 2.89. The molecule has 1 aliphatic heterocycles. The van der Waals surface area contributed by atoms with Crippen molar-refractivity contribution in [1.29, 1.82) is 0 Å². The minimum Gasteiger partial charge on any atom is -0.335 e. The summed E-state index contributed by atoms with van der Waals surface area (Å²) in [6, 6.07) is 0. The van der Waals surface area contributed by atoms with Crippen molar-refractivity contribution in [2.75, 3.05) is 7.05 Å². The van der Waals surface area contributed by atoms with Crippen molar-refractivity contribution in [3.63, 3.8) is 0 Å². The van der Waals surface area contributed by atoms with Gasteiger partial charge in [-0.15, -0.1) is 0 Å². The van der Waals surface area contributed by atoms with E-state index in [0.29, 0.717) is 5.12 Å². The van der Waals surface area contributed by atoms with Gasteiger partial charge in [-0.25, -0.2) is 5.12 Å². The number of rotatable bonds is 0. The molecule has 0 aromatic carbocycles. The molecule has 0 saturated heterocycles. The highest BCUT2D eigenvalue weighted by molar-refractivity contribution is 4.38. The van der Waals surface area contributed by atoms with Gasteiger partial charge < -0.3 is 11.1 Å². The van der Waals surface area contributed by atoms with E-state index in [1.807, 2.05) is 0 Å². The van der Waals surface area contributed by atoms with Crippen LogP contribution in [0, 0.1) is 0 Å². The Morgan fingerprint density at radius 2 is 2.67 bits per heavy atom. The van der Waals surface area contributed by atoms with E-state index in [4.69, 9.17) is 0 Å². The first-order valence-corrected chi connectivity index (χ1v) is 1.59. The second kappa shape index (κ2) is 1.19. The van der Waals surface area contributed by atoms with Crippen LogP contribution in [0.3, 0.4) is 0 Å². The highest BCUT2D eigenvalue weighted by Crippen LogP contribution is 1.69. The van der Waals surface area contributed by atoms with Crippen LogP contribution >= 0.6 is 0 Å². The number of nitrogens with one attached hydrogen (secondary N) is 2. The van der Waals surface area contributed by atoms with E-state index in [2.05, 4.69) is 21.5 Å². The molecule has 0 aromatic heterocycles. The molecule has 2 N–H and O–H groups in total. The standard InChI is InChI=1S/CH5N5/c1-6-4-2-3-5-6/h6H,1H3,(H-,2,3,4,5). The minimum absolute atomic E-state index is 0.676. The Morgan fingerprint density at radius 1 is 1.83 bits per heavy atom. The maximum absolute atomic E-state index is 3.57. The second-order valence-corrected chi connectivity index (χ2v) is 0.959. The minimum atomic E-state index is 0.676. The molecule has 0 spiro atoms. The Balaban J connectivity index is 2.38. The van der Waals surface area contributed by atoms with Crippen LogP contribution in [0.1, 0.15) is 0 Å². The second-order valence-electron chi connectivity index (χ2n) is 0.959. The summed E-state index contributed by atoms with van der Waals surface area (Å²) in [7, 11) is 1.77. The lowest BCUT2D eigenvalue weighted by Crippen LogP contribution is -2.98. The van der Waals surface area contributed by atoms with Crippen molar-refractivity contribution in [3.8, 4) is 0 Å². The van der Waals surface area contributed by atoms with Crippen LogP contribution in [0.4, 0.5) is 0 Å². The van der Waals surface area contributed by atoms with E-state index in [0.717, 1.165) is 0 Å². The molecule has 0 amide bonds. The van der Waals surface area contributed by atoms with E-state index >= 15 is 0 Å². The molecular weight excluding hydrogens is 82.0 g/mol. The third-order valence-corrected chi connectivity index (χ3v) is 0.451. The highest BCUT2D eigenvalue weighted by Gasteiger charge is 1.86. The Hall–Kier alpha value is -0.680. The van der Waals surface area contributed by atoms with Gasteiger partial charge in [0.15, 0.2) is 0 Å². The Bertz CT molecular complexity index is 66.3. The fourth-order valence-electron chi connectivity index (χ4n) is 0.212. The third-order valence-electron chi connectivity index (χ3n) is 0.451. The molecule has 1 rings (SSSR count). The molecule has 6 heavy (non-hydrogen) atoms. The van der Waals surface area contributed by atoms with Crippen LogP contribution in [0.5, 0.6) is 0 Å². The van der Waals surface area contributed by atoms with Crippen LogP contribution in [-0.2, 0) is 0 Å². The van der Waals surface area contributed by atoms with E-state index in [9.17, 15) is 0 Å². The van der Waals surface area contributed by atoms with Crippen LogP contribution in [0.2, 0.25) is 0 Å². The molecule has 34 valence electrons. The fourth-order valence-corrected chi connectivity index (χ4v) is 0.212. The van der Waals surface area contributed by atoms with Gasteiger partial charge in [0.2, 0.25) is 0 Å². The molecule has 0 bridgehead atoms. The number of quaternary nitrogens is 1.